The molecule has 1 aliphatic heterocycles. The third-order valence-electron chi connectivity index (χ3n) is 3.71. The maximum absolute atomic E-state index is 4.86. The van der Waals surface area contributed by atoms with Crippen molar-refractivity contribution in [3.05, 3.63) is 21.1 Å². The highest BCUT2D eigenvalue weighted by Crippen LogP contribution is 2.33. The molecule has 2 aromatic rings. The van der Waals surface area contributed by atoms with E-state index in [2.05, 4.69) is 41.4 Å². The van der Waals surface area contributed by atoms with Crippen LogP contribution < -0.4 is 5.32 Å². The van der Waals surface area contributed by atoms with E-state index in [1.807, 2.05) is 0 Å². The van der Waals surface area contributed by atoms with Gasteiger partial charge in [0.2, 0.25) is 0 Å². The highest BCUT2D eigenvalue weighted by atomic mass is 32.1. The molecule has 0 saturated carbocycles. The predicted molar refractivity (Wildman–Crippen MR) is 85.6 cm³/mol. The van der Waals surface area contributed by atoms with E-state index in [9.17, 15) is 0 Å². The van der Waals surface area contributed by atoms with Crippen LogP contribution in [0.25, 0.3) is 10.6 Å². The first-order valence-corrected chi connectivity index (χ1v) is 8.69. The van der Waals surface area contributed by atoms with E-state index in [-0.39, 0.29) is 0 Å². The number of hydrogen-bond donors (Lipinski definition) is 1. The molecule has 0 spiro atoms. The number of thiazole rings is 2. The van der Waals surface area contributed by atoms with E-state index in [0.717, 1.165) is 42.6 Å². The molecule has 0 radical (unpaired) electrons. The molecule has 2 aromatic heterocycles. The molecule has 0 aliphatic carbocycles. The lowest BCUT2D eigenvalue weighted by atomic mass is 10.2. The van der Waals surface area contributed by atoms with E-state index >= 15 is 0 Å². The van der Waals surface area contributed by atoms with Crippen molar-refractivity contribution in [2.45, 2.75) is 26.8 Å². The van der Waals surface area contributed by atoms with Crippen LogP contribution in [0.2, 0.25) is 0 Å². The Morgan fingerprint density at radius 2 is 2.00 bits per heavy atom. The number of nitrogens with one attached hydrogen (secondary N) is 1. The Kier molecular flexibility index (Phi) is 4.16. The van der Waals surface area contributed by atoms with Gasteiger partial charge in [-0.2, -0.15) is 0 Å². The van der Waals surface area contributed by atoms with E-state index < -0.39 is 0 Å². The van der Waals surface area contributed by atoms with Crippen molar-refractivity contribution in [1.29, 1.82) is 0 Å². The molecule has 3 heterocycles. The van der Waals surface area contributed by atoms with Gasteiger partial charge in [-0.1, -0.05) is 0 Å². The SMILES string of the molecule is Cc1nc(C)c(-c2csc(C(C)N3CCNCC3)n2)s1. The average Bonchev–Trinajstić information content (AvgIpc) is 3.05. The molecule has 1 saturated heterocycles. The molecular weight excluding hydrogens is 288 g/mol. The molecule has 1 aliphatic rings. The van der Waals surface area contributed by atoms with Crippen molar-refractivity contribution in [1.82, 2.24) is 20.2 Å². The number of rotatable bonds is 3. The van der Waals surface area contributed by atoms with Crippen LogP contribution in [0.5, 0.6) is 0 Å². The minimum Gasteiger partial charge on any atom is -0.314 e. The third-order valence-corrected chi connectivity index (χ3v) is 5.83. The van der Waals surface area contributed by atoms with Gasteiger partial charge in [0.1, 0.15) is 5.01 Å². The number of nitrogens with zero attached hydrogens (tertiary/aromatic N) is 3. The van der Waals surface area contributed by atoms with Gasteiger partial charge >= 0.3 is 0 Å². The van der Waals surface area contributed by atoms with Gasteiger partial charge in [-0.05, 0) is 20.8 Å². The fourth-order valence-electron chi connectivity index (χ4n) is 2.58. The first-order chi connectivity index (χ1) is 9.65. The second-order valence-electron chi connectivity index (χ2n) is 5.18. The van der Waals surface area contributed by atoms with Gasteiger partial charge in [0, 0.05) is 31.6 Å². The molecule has 3 rings (SSSR count). The van der Waals surface area contributed by atoms with Crippen molar-refractivity contribution < 1.29 is 0 Å². The maximum Gasteiger partial charge on any atom is 0.110 e. The molecule has 0 bridgehead atoms. The molecule has 0 amide bonds. The highest BCUT2D eigenvalue weighted by Gasteiger charge is 2.21. The minimum absolute atomic E-state index is 0.408. The molecule has 1 atom stereocenters. The first-order valence-electron chi connectivity index (χ1n) is 6.99. The lowest BCUT2D eigenvalue weighted by Crippen LogP contribution is -2.44. The summed E-state index contributed by atoms with van der Waals surface area (Å²) in [4.78, 5) is 13.1. The normalized spacial score (nSPS) is 18.4. The van der Waals surface area contributed by atoms with Crippen LogP contribution in [-0.2, 0) is 0 Å². The quantitative estimate of drug-likeness (QED) is 0.946. The summed E-state index contributed by atoms with van der Waals surface area (Å²) in [5, 5.41) is 7.90. The molecule has 1 fully saturated rings. The van der Waals surface area contributed by atoms with Crippen LogP contribution in [0.4, 0.5) is 0 Å². The molecule has 108 valence electrons. The molecule has 0 aromatic carbocycles. The summed E-state index contributed by atoms with van der Waals surface area (Å²) in [6, 6.07) is 0.408. The second-order valence-corrected chi connectivity index (χ2v) is 7.27. The van der Waals surface area contributed by atoms with Crippen molar-refractivity contribution in [3.63, 3.8) is 0 Å². The Morgan fingerprint density at radius 1 is 1.25 bits per heavy atom. The Balaban J connectivity index is 1.81. The van der Waals surface area contributed by atoms with E-state index in [1.54, 1.807) is 22.7 Å². The van der Waals surface area contributed by atoms with Gasteiger partial charge in [0.15, 0.2) is 0 Å². The topological polar surface area (TPSA) is 41.1 Å². The largest absolute Gasteiger partial charge is 0.314 e. The van der Waals surface area contributed by atoms with Crippen LogP contribution >= 0.6 is 22.7 Å². The average molecular weight is 308 g/mol. The Hall–Kier alpha value is -0.820. The van der Waals surface area contributed by atoms with E-state index in [0.29, 0.717) is 6.04 Å². The predicted octanol–water partition coefficient (Wildman–Crippen LogP) is 2.85. The number of aromatic nitrogens is 2. The van der Waals surface area contributed by atoms with E-state index in [1.165, 1.54) is 9.88 Å². The summed E-state index contributed by atoms with van der Waals surface area (Å²) in [7, 11) is 0. The van der Waals surface area contributed by atoms with Crippen LogP contribution in [0, 0.1) is 13.8 Å². The lowest BCUT2D eigenvalue weighted by Gasteiger charge is -2.31. The van der Waals surface area contributed by atoms with Gasteiger partial charge < -0.3 is 5.32 Å². The minimum atomic E-state index is 0.408. The summed E-state index contributed by atoms with van der Waals surface area (Å²) in [6.45, 7) is 10.8. The molecule has 1 unspecified atom stereocenters. The van der Waals surface area contributed by atoms with Crippen LogP contribution in [-0.4, -0.2) is 41.0 Å². The zero-order valence-corrected chi connectivity index (χ0v) is 13.8. The maximum atomic E-state index is 4.86. The van der Waals surface area contributed by atoms with Crippen molar-refractivity contribution in [2.75, 3.05) is 26.2 Å². The first kappa shape index (κ1) is 14.1. The van der Waals surface area contributed by atoms with Gasteiger partial charge in [0.25, 0.3) is 0 Å². The van der Waals surface area contributed by atoms with E-state index in [4.69, 9.17) is 4.98 Å². The third kappa shape index (κ3) is 2.79. The summed E-state index contributed by atoms with van der Waals surface area (Å²) in [6.07, 6.45) is 0. The highest BCUT2D eigenvalue weighted by molar-refractivity contribution is 7.16. The fraction of sp³-hybridized carbons (Fsp3) is 0.571. The van der Waals surface area contributed by atoms with Crippen molar-refractivity contribution in [3.8, 4) is 10.6 Å². The summed E-state index contributed by atoms with van der Waals surface area (Å²) in [5.74, 6) is 0. The molecular formula is C14H20N4S2. The summed E-state index contributed by atoms with van der Waals surface area (Å²) < 4.78 is 0. The van der Waals surface area contributed by atoms with Crippen molar-refractivity contribution >= 4 is 22.7 Å². The molecule has 4 nitrogen and oxygen atoms in total. The zero-order valence-electron chi connectivity index (χ0n) is 12.1. The van der Waals surface area contributed by atoms with Gasteiger partial charge in [0.05, 0.1) is 27.3 Å². The monoisotopic (exact) mass is 308 g/mol. The Labute approximate surface area is 127 Å². The number of hydrogen-bond acceptors (Lipinski definition) is 6. The molecule has 1 N–H and O–H groups in total. The van der Waals surface area contributed by atoms with Gasteiger partial charge in [-0.3, -0.25) is 4.90 Å². The number of piperazine rings is 1. The lowest BCUT2D eigenvalue weighted by molar-refractivity contribution is 0.185. The fourth-order valence-corrected chi connectivity index (χ4v) is 4.43. The zero-order chi connectivity index (χ0) is 14.1. The van der Waals surface area contributed by atoms with Gasteiger partial charge in [-0.15, -0.1) is 22.7 Å². The molecule has 6 heteroatoms. The van der Waals surface area contributed by atoms with Crippen molar-refractivity contribution in [2.24, 2.45) is 0 Å². The molecule has 20 heavy (non-hydrogen) atoms. The standard InChI is InChI=1S/C14H20N4S2/c1-9-13(20-11(3)16-9)12-8-19-14(17-12)10(2)18-6-4-15-5-7-18/h8,10,15H,4-7H2,1-3H3. The summed E-state index contributed by atoms with van der Waals surface area (Å²) >= 11 is 3.51. The van der Waals surface area contributed by atoms with Gasteiger partial charge in [-0.25, -0.2) is 9.97 Å². The summed E-state index contributed by atoms with van der Waals surface area (Å²) in [5.41, 5.74) is 2.19. The Bertz CT molecular complexity index is 584. The Morgan fingerprint density at radius 3 is 2.65 bits per heavy atom. The smallest absolute Gasteiger partial charge is 0.110 e. The van der Waals surface area contributed by atoms with Crippen LogP contribution in [0.15, 0.2) is 5.38 Å². The number of aryl methyl sites for hydroxylation is 2. The van der Waals surface area contributed by atoms with Crippen LogP contribution in [0.3, 0.4) is 0 Å². The van der Waals surface area contributed by atoms with Crippen LogP contribution in [0.1, 0.15) is 28.7 Å². The second kappa shape index (κ2) is 5.89.